The summed E-state index contributed by atoms with van der Waals surface area (Å²) in [5, 5.41) is 3.11. The van der Waals surface area contributed by atoms with Gasteiger partial charge in [0.25, 0.3) is 0 Å². The number of benzene rings is 1. The van der Waals surface area contributed by atoms with Crippen LogP contribution < -0.4 is 10.2 Å². The highest BCUT2D eigenvalue weighted by molar-refractivity contribution is 5.81. The Kier molecular flexibility index (Phi) is 7.76. The Morgan fingerprint density at radius 3 is 2.45 bits per heavy atom. The van der Waals surface area contributed by atoms with Gasteiger partial charge in [-0.15, -0.1) is 0 Å². The number of piperazine rings is 1. The standard InChI is InChI=1S/C29H34FN9O/c1-20(2)38-9-7-37(8-10-38)19-21-3-6-26(32-16-21)35-29-33-17-23(30)28(36-29)22-4-5-24-25(15-22)34-27(18-31-24)39-11-13-40-14-12-39/h3-6,15-18,20H,7-14,19H2,1-2H3,(H,32,33,35,36). The molecule has 1 N–H and O–H groups in total. The van der Waals surface area contributed by atoms with Crippen LogP contribution in [0, 0.1) is 5.82 Å². The van der Waals surface area contributed by atoms with E-state index in [9.17, 15) is 4.39 Å². The molecule has 0 radical (unpaired) electrons. The smallest absolute Gasteiger partial charge is 0.229 e. The van der Waals surface area contributed by atoms with Gasteiger partial charge in [-0.05, 0) is 37.6 Å². The number of aromatic nitrogens is 5. The lowest BCUT2D eigenvalue weighted by molar-refractivity contribution is 0.104. The summed E-state index contributed by atoms with van der Waals surface area (Å²) in [6, 6.07) is 10.0. The van der Waals surface area contributed by atoms with Crippen molar-refractivity contribution in [3.05, 3.63) is 60.3 Å². The second-order valence-corrected chi connectivity index (χ2v) is 10.5. The third-order valence-electron chi connectivity index (χ3n) is 7.49. The van der Waals surface area contributed by atoms with Crippen molar-refractivity contribution < 1.29 is 9.13 Å². The highest BCUT2D eigenvalue weighted by Crippen LogP contribution is 2.26. The van der Waals surface area contributed by atoms with Gasteiger partial charge in [0, 0.05) is 63.6 Å². The quantitative estimate of drug-likeness (QED) is 0.372. The zero-order valence-electron chi connectivity index (χ0n) is 22.9. The molecule has 5 heterocycles. The molecule has 0 aliphatic carbocycles. The molecule has 2 aliphatic rings. The van der Waals surface area contributed by atoms with E-state index < -0.39 is 5.82 Å². The molecule has 10 nitrogen and oxygen atoms in total. The Balaban J connectivity index is 1.15. The van der Waals surface area contributed by atoms with Crippen LogP contribution in [0.5, 0.6) is 0 Å². The number of morpholine rings is 1. The van der Waals surface area contributed by atoms with E-state index in [2.05, 4.69) is 59.9 Å². The third-order valence-corrected chi connectivity index (χ3v) is 7.49. The highest BCUT2D eigenvalue weighted by atomic mass is 19.1. The van der Waals surface area contributed by atoms with Crippen molar-refractivity contribution in [3.63, 3.8) is 0 Å². The molecule has 2 aliphatic heterocycles. The van der Waals surface area contributed by atoms with E-state index in [0.29, 0.717) is 36.2 Å². The molecule has 11 heteroatoms. The van der Waals surface area contributed by atoms with Gasteiger partial charge in [-0.1, -0.05) is 12.1 Å². The van der Waals surface area contributed by atoms with Gasteiger partial charge >= 0.3 is 0 Å². The maximum absolute atomic E-state index is 14.9. The van der Waals surface area contributed by atoms with Gasteiger partial charge < -0.3 is 15.0 Å². The Morgan fingerprint density at radius 1 is 0.875 bits per heavy atom. The monoisotopic (exact) mass is 543 g/mol. The second kappa shape index (κ2) is 11.7. The topological polar surface area (TPSA) is 95.4 Å². The molecule has 0 unspecified atom stereocenters. The van der Waals surface area contributed by atoms with Crippen molar-refractivity contribution in [2.75, 3.05) is 62.7 Å². The van der Waals surface area contributed by atoms with Gasteiger partial charge in [0.2, 0.25) is 5.95 Å². The number of halogens is 1. The van der Waals surface area contributed by atoms with Crippen LogP contribution in [0.25, 0.3) is 22.3 Å². The first-order chi connectivity index (χ1) is 19.5. The summed E-state index contributed by atoms with van der Waals surface area (Å²) >= 11 is 0. The normalized spacial score (nSPS) is 17.1. The molecule has 0 bridgehead atoms. The molecule has 208 valence electrons. The van der Waals surface area contributed by atoms with Crippen LogP contribution in [0.3, 0.4) is 0 Å². The Hall–Kier alpha value is -3.80. The molecular weight excluding hydrogens is 509 g/mol. The first-order valence-electron chi connectivity index (χ1n) is 13.8. The number of pyridine rings is 1. The number of ether oxygens (including phenoxy) is 1. The summed E-state index contributed by atoms with van der Waals surface area (Å²) in [5.41, 5.74) is 3.36. The van der Waals surface area contributed by atoms with Crippen molar-refractivity contribution in [1.82, 2.24) is 34.7 Å². The number of fused-ring (bicyclic) bond motifs is 1. The summed E-state index contributed by atoms with van der Waals surface area (Å²) in [7, 11) is 0. The maximum Gasteiger partial charge on any atom is 0.229 e. The number of rotatable bonds is 7. The van der Waals surface area contributed by atoms with Crippen LogP contribution in [0.2, 0.25) is 0 Å². The van der Waals surface area contributed by atoms with Gasteiger partial charge in [-0.25, -0.2) is 24.3 Å². The summed E-state index contributed by atoms with van der Waals surface area (Å²) in [4.78, 5) is 29.6. The molecule has 2 fully saturated rings. The average Bonchev–Trinajstić information content (AvgIpc) is 2.99. The van der Waals surface area contributed by atoms with Crippen molar-refractivity contribution >= 4 is 28.6 Å². The minimum absolute atomic E-state index is 0.190. The molecule has 40 heavy (non-hydrogen) atoms. The fourth-order valence-electron chi connectivity index (χ4n) is 5.13. The number of hydrogen-bond donors (Lipinski definition) is 1. The van der Waals surface area contributed by atoms with E-state index in [1.165, 1.54) is 6.20 Å². The van der Waals surface area contributed by atoms with Gasteiger partial charge in [0.15, 0.2) is 5.82 Å². The minimum atomic E-state index is -0.511. The molecule has 6 rings (SSSR count). The van der Waals surface area contributed by atoms with E-state index in [1.54, 1.807) is 12.3 Å². The first-order valence-corrected chi connectivity index (χ1v) is 13.8. The number of anilines is 3. The predicted molar refractivity (Wildman–Crippen MR) is 153 cm³/mol. The van der Waals surface area contributed by atoms with Crippen LogP contribution in [0.1, 0.15) is 19.4 Å². The predicted octanol–water partition coefficient (Wildman–Crippen LogP) is 3.73. The molecule has 1 aromatic carbocycles. The van der Waals surface area contributed by atoms with E-state index in [0.717, 1.165) is 62.7 Å². The van der Waals surface area contributed by atoms with E-state index >= 15 is 0 Å². The van der Waals surface area contributed by atoms with Crippen LogP contribution in [-0.4, -0.2) is 93.2 Å². The van der Waals surface area contributed by atoms with E-state index in [4.69, 9.17) is 9.72 Å². The zero-order chi connectivity index (χ0) is 27.5. The molecule has 2 saturated heterocycles. The van der Waals surface area contributed by atoms with Crippen molar-refractivity contribution in [1.29, 1.82) is 0 Å². The molecule has 0 spiro atoms. The lowest BCUT2D eigenvalue weighted by Crippen LogP contribution is -2.48. The lowest BCUT2D eigenvalue weighted by Gasteiger charge is -2.36. The Bertz CT molecular complexity index is 1450. The van der Waals surface area contributed by atoms with Gasteiger partial charge in [-0.3, -0.25) is 14.8 Å². The van der Waals surface area contributed by atoms with E-state index in [1.807, 2.05) is 24.4 Å². The minimum Gasteiger partial charge on any atom is -0.378 e. The molecule has 0 saturated carbocycles. The second-order valence-electron chi connectivity index (χ2n) is 10.5. The summed E-state index contributed by atoms with van der Waals surface area (Å²) < 4.78 is 20.3. The number of nitrogens with zero attached hydrogens (tertiary/aromatic N) is 8. The highest BCUT2D eigenvalue weighted by Gasteiger charge is 2.19. The summed E-state index contributed by atoms with van der Waals surface area (Å²) in [6.45, 7) is 12.5. The Morgan fingerprint density at radius 2 is 1.70 bits per heavy atom. The molecular formula is C29H34FN9O. The van der Waals surface area contributed by atoms with Crippen molar-refractivity contribution in [3.8, 4) is 11.3 Å². The molecule has 0 atom stereocenters. The van der Waals surface area contributed by atoms with Crippen LogP contribution in [0.4, 0.5) is 22.0 Å². The summed E-state index contributed by atoms with van der Waals surface area (Å²) in [5.74, 6) is 1.15. The maximum atomic E-state index is 14.9. The lowest BCUT2D eigenvalue weighted by atomic mass is 10.1. The fourth-order valence-corrected chi connectivity index (χ4v) is 5.13. The van der Waals surface area contributed by atoms with Crippen LogP contribution >= 0.6 is 0 Å². The number of nitrogens with one attached hydrogen (secondary N) is 1. The van der Waals surface area contributed by atoms with Gasteiger partial charge in [0.05, 0.1) is 36.6 Å². The molecule has 0 amide bonds. The van der Waals surface area contributed by atoms with Gasteiger partial charge in [0.1, 0.15) is 17.3 Å². The first kappa shape index (κ1) is 26.4. The third kappa shape index (κ3) is 6.01. The van der Waals surface area contributed by atoms with Crippen LogP contribution in [0.15, 0.2) is 48.9 Å². The number of hydrogen-bond acceptors (Lipinski definition) is 10. The van der Waals surface area contributed by atoms with Crippen molar-refractivity contribution in [2.24, 2.45) is 0 Å². The van der Waals surface area contributed by atoms with Crippen LogP contribution in [-0.2, 0) is 11.3 Å². The van der Waals surface area contributed by atoms with E-state index in [-0.39, 0.29) is 11.6 Å². The Labute approximate surface area is 233 Å². The largest absolute Gasteiger partial charge is 0.378 e. The van der Waals surface area contributed by atoms with Crippen molar-refractivity contribution in [2.45, 2.75) is 26.4 Å². The average molecular weight is 544 g/mol. The molecule has 3 aromatic heterocycles. The SMILES string of the molecule is CC(C)N1CCN(Cc2ccc(Nc3ncc(F)c(-c4ccc5ncc(N6CCOCC6)nc5c4)n3)nc2)CC1. The zero-order valence-corrected chi connectivity index (χ0v) is 22.9. The fraction of sp³-hybridized carbons (Fsp3) is 0.414. The van der Waals surface area contributed by atoms with Gasteiger partial charge in [-0.2, -0.15) is 0 Å². The summed E-state index contributed by atoms with van der Waals surface area (Å²) in [6.07, 6.45) is 4.82. The molecule has 4 aromatic rings.